The maximum atomic E-state index is 11.2. The fourth-order valence-electron chi connectivity index (χ4n) is 3.62. The van der Waals surface area contributed by atoms with E-state index in [1.807, 2.05) is 39.0 Å². The number of aliphatic carboxylic acids is 1. The van der Waals surface area contributed by atoms with Gasteiger partial charge in [0.1, 0.15) is 6.04 Å². The quantitative estimate of drug-likeness (QED) is 0.333. The average Bonchev–Trinajstić information content (AvgIpc) is 2.59. The minimum atomic E-state index is -0.867. The van der Waals surface area contributed by atoms with Crippen molar-refractivity contribution in [3.05, 3.63) is 58.7 Å². The number of hydrogen-bond donors (Lipinski definition) is 1. The number of rotatable bonds is 9. The number of carbonyl (C=O) groups is 1. The molecule has 0 aromatic carbocycles. The largest absolute Gasteiger partial charge is 0.480 e. The lowest BCUT2D eigenvalue weighted by Gasteiger charge is -2.32. The fraction of sp³-hybridized carbons (Fsp3) is 0.538. The van der Waals surface area contributed by atoms with Crippen LogP contribution >= 0.6 is 0 Å². The van der Waals surface area contributed by atoms with Crippen molar-refractivity contribution in [2.45, 2.75) is 80.2 Å². The van der Waals surface area contributed by atoms with E-state index in [0.29, 0.717) is 12.3 Å². The Bertz CT molecular complexity index is 743. The maximum Gasteiger partial charge on any atom is 0.328 e. The molecule has 0 aliphatic heterocycles. The molecule has 0 bridgehead atoms. The van der Waals surface area contributed by atoms with Crippen LogP contribution in [0.3, 0.4) is 0 Å². The lowest BCUT2D eigenvalue weighted by atomic mass is 9.72. The first-order valence-electron chi connectivity index (χ1n) is 10.7. The molecular weight excluding hydrogens is 358 g/mol. The van der Waals surface area contributed by atoms with Crippen LogP contribution in [-0.2, 0) is 4.79 Å². The molecule has 0 amide bonds. The van der Waals surface area contributed by atoms with E-state index in [9.17, 15) is 9.90 Å². The van der Waals surface area contributed by atoms with Gasteiger partial charge in [0, 0.05) is 6.21 Å². The van der Waals surface area contributed by atoms with Crippen LogP contribution < -0.4 is 0 Å². The summed E-state index contributed by atoms with van der Waals surface area (Å²) in [5.74, 6) is -0.563. The number of aliphatic imine (C=N–C) groups is 1. The Morgan fingerprint density at radius 2 is 1.83 bits per heavy atom. The molecule has 0 heterocycles. The van der Waals surface area contributed by atoms with Crippen molar-refractivity contribution >= 4 is 12.2 Å². The van der Waals surface area contributed by atoms with Crippen molar-refractivity contribution < 1.29 is 9.90 Å². The monoisotopic (exact) mass is 397 g/mol. The molecule has 1 atom stereocenters. The lowest BCUT2D eigenvalue weighted by Crippen LogP contribution is -2.19. The standard InChI is InChI=1S/C26H39NO2/c1-19(2)18-24(25(28)29)27-17-15-21(4)11-8-10-20(3)13-14-23-22(5)12-9-16-26(23,6)7/h8,10-11,13-15,17,19,24H,9,12,16,18H2,1-7H3,(H,28,29)/b11-8+,14-13+,20-10+,21-15+,27-17?. The van der Waals surface area contributed by atoms with Crippen LogP contribution in [0.15, 0.2) is 63.7 Å². The van der Waals surface area contributed by atoms with Crippen LogP contribution in [0.1, 0.15) is 74.1 Å². The zero-order valence-electron chi connectivity index (χ0n) is 19.3. The maximum absolute atomic E-state index is 11.2. The van der Waals surface area contributed by atoms with Gasteiger partial charge in [-0.15, -0.1) is 0 Å². The van der Waals surface area contributed by atoms with Gasteiger partial charge < -0.3 is 5.11 Å². The van der Waals surface area contributed by atoms with Crippen LogP contribution in [0.25, 0.3) is 0 Å². The van der Waals surface area contributed by atoms with Crippen LogP contribution in [0, 0.1) is 11.3 Å². The summed E-state index contributed by atoms with van der Waals surface area (Å²) in [5.41, 5.74) is 5.48. The molecule has 1 unspecified atom stereocenters. The summed E-state index contributed by atoms with van der Waals surface area (Å²) in [6, 6.07) is -0.669. The third-order valence-corrected chi connectivity index (χ3v) is 5.36. The summed E-state index contributed by atoms with van der Waals surface area (Å²) in [4.78, 5) is 15.4. The van der Waals surface area contributed by atoms with Crippen molar-refractivity contribution in [3.8, 4) is 0 Å². The Balaban J connectivity index is 2.72. The minimum Gasteiger partial charge on any atom is -0.480 e. The molecule has 0 aromatic rings. The summed E-state index contributed by atoms with van der Waals surface area (Å²) in [7, 11) is 0. The molecule has 29 heavy (non-hydrogen) atoms. The van der Waals surface area contributed by atoms with E-state index in [1.165, 1.54) is 36.0 Å². The number of hydrogen-bond acceptors (Lipinski definition) is 2. The highest BCUT2D eigenvalue weighted by Crippen LogP contribution is 2.40. The topological polar surface area (TPSA) is 49.7 Å². The number of carboxylic acids is 1. The second kappa shape index (κ2) is 11.7. The highest BCUT2D eigenvalue weighted by atomic mass is 16.4. The van der Waals surface area contributed by atoms with E-state index < -0.39 is 12.0 Å². The molecule has 160 valence electrons. The smallest absolute Gasteiger partial charge is 0.328 e. The third kappa shape index (κ3) is 9.25. The summed E-state index contributed by atoms with van der Waals surface area (Å²) in [5, 5.41) is 9.22. The summed E-state index contributed by atoms with van der Waals surface area (Å²) in [6.45, 7) is 15.0. The molecule has 1 aliphatic carbocycles. The second-order valence-corrected chi connectivity index (χ2v) is 9.23. The van der Waals surface area contributed by atoms with E-state index in [4.69, 9.17) is 0 Å². The fourth-order valence-corrected chi connectivity index (χ4v) is 3.62. The van der Waals surface area contributed by atoms with Gasteiger partial charge in [-0.1, -0.05) is 69.2 Å². The van der Waals surface area contributed by atoms with Crippen molar-refractivity contribution in [2.24, 2.45) is 16.3 Å². The molecule has 0 saturated carbocycles. The molecule has 1 N–H and O–H groups in total. The van der Waals surface area contributed by atoms with Crippen LogP contribution in [0.2, 0.25) is 0 Å². The van der Waals surface area contributed by atoms with E-state index >= 15 is 0 Å². The van der Waals surface area contributed by atoms with Gasteiger partial charge in [-0.05, 0) is 75.0 Å². The van der Waals surface area contributed by atoms with Crippen molar-refractivity contribution in [1.82, 2.24) is 0 Å². The van der Waals surface area contributed by atoms with Gasteiger partial charge in [0.05, 0.1) is 0 Å². The van der Waals surface area contributed by atoms with E-state index in [0.717, 1.165) is 5.57 Å². The molecule has 0 aromatic heterocycles. The van der Waals surface area contributed by atoms with Crippen LogP contribution in [0.5, 0.6) is 0 Å². The first-order chi connectivity index (χ1) is 13.5. The SMILES string of the molecule is CC1=C(/C=C/C(C)=C/C=C/C(C)=C/C=NC(CC(C)C)C(=O)O)C(C)(C)CCC1. The lowest BCUT2D eigenvalue weighted by molar-refractivity contribution is -0.138. The van der Waals surface area contributed by atoms with E-state index in [1.54, 1.807) is 6.21 Å². The molecule has 0 radical (unpaired) electrons. The van der Waals surface area contributed by atoms with Gasteiger partial charge in [-0.2, -0.15) is 0 Å². The van der Waals surface area contributed by atoms with Crippen molar-refractivity contribution in [3.63, 3.8) is 0 Å². The van der Waals surface area contributed by atoms with Crippen molar-refractivity contribution in [1.29, 1.82) is 0 Å². The number of carboxylic acid groups (broad SMARTS) is 1. The highest BCUT2D eigenvalue weighted by Gasteiger charge is 2.26. The molecular formula is C26H39NO2. The van der Waals surface area contributed by atoms with E-state index in [-0.39, 0.29) is 5.41 Å². The van der Waals surface area contributed by atoms with Gasteiger partial charge >= 0.3 is 5.97 Å². The Labute approximate surface area is 177 Å². The molecule has 0 saturated heterocycles. The Morgan fingerprint density at radius 1 is 1.17 bits per heavy atom. The molecule has 3 heteroatoms. The first kappa shape index (κ1) is 24.9. The van der Waals surface area contributed by atoms with Crippen LogP contribution in [0.4, 0.5) is 0 Å². The molecule has 1 aliphatic rings. The zero-order chi connectivity index (χ0) is 22.0. The van der Waals surface area contributed by atoms with Gasteiger partial charge in [0.2, 0.25) is 0 Å². The molecule has 1 rings (SSSR count). The Morgan fingerprint density at radius 3 is 2.41 bits per heavy atom. The predicted octanol–water partition coefficient (Wildman–Crippen LogP) is 7.09. The zero-order valence-corrected chi connectivity index (χ0v) is 19.3. The molecule has 0 fully saturated rings. The highest BCUT2D eigenvalue weighted by molar-refractivity contribution is 5.79. The van der Waals surface area contributed by atoms with Gasteiger partial charge in [-0.3, -0.25) is 4.99 Å². The van der Waals surface area contributed by atoms with Gasteiger partial charge in [0.25, 0.3) is 0 Å². The summed E-state index contributed by atoms with van der Waals surface area (Å²) >= 11 is 0. The summed E-state index contributed by atoms with van der Waals surface area (Å²) < 4.78 is 0. The number of nitrogens with zero attached hydrogens (tertiary/aromatic N) is 1. The number of allylic oxidation sites excluding steroid dienone is 10. The average molecular weight is 398 g/mol. The van der Waals surface area contributed by atoms with Gasteiger partial charge in [-0.25, -0.2) is 4.79 Å². The van der Waals surface area contributed by atoms with Crippen LogP contribution in [-0.4, -0.2) is 23.3 Å². The summed E-state index contributed by atoms with van der Waals surface area (Å²) in [6.07, 6.45) is 18.4. The van der Waals surface area contributed by atoms with Crippen molar-refractivity contribution in [2.75, 3.05) is 0 Å². The first-order valence-corrected chi connectivity index (χ1v) is 10.7. The van der Waals surface area contributed by atoms with E-state index in [2.05, 4.69) is 50.9 Å². The van der Waals surface area contributed by atoms with Gasteiger partial charge in [0.15, 0.2) is 0 Å². The second-order valence-electron chi connectivity index (χ2n) is 9.23. The Hall–Kier alpha value is -2.16. The third-order valence-electron chi connectivity index (χ3n) is 5.36. The predicted molar refractivity (Wildman–Crippen MR) is 125 cm³/mol. The minimum absolute atomic E-state index is 0.261. The molecule has 3 nitrogen and oxygen atoms in total. The normalized spacial score (nSPS) is 19.9. The molecule has 0 spiro atoms. The Kier molecular flexibility index (Phi) is 10.1.